The molecule has 0 fully saturated rings. The van der Waals surface area contributed by atoms with Crippen LogP contribution >= 0.6 is 11.8 Å². The number of ether oxygens (including phenoxy) is 1. The van der Waals surface area contributed by atoms with Gasteiger partial charge in [-0.1, -0.05) is 30.3 Å². The molecule has 0 spiro atoms. The minimum absolute atomic E-state index is 0.0235. The highest BCUT2D eigenvalue weighted by atomic mass is 32.2. The molecule has 2 unspecified atom stereocenters. The first-order valence-electron chi connectivity index (χ1n) is 6.87. The monoisotopic (exact) mass is 285 g/mol. The van der Waals surface area contributed by atoms with Gasteiger partial charge in [0.15, 0.2) is 0 Å². The van der Waals surface area contributed by atoms with Crippen LogP contribution in [0.5, 0.6) is 5.75 Å². The zero-order valence-electron chi connectivity index (χ0n) is 11.8. The van der Waals surface area contributed by atoms with Crippen molar-refractivity contribution in [2.75, 3.05) is 5.75 Å². The van der Waals surface area contributed by atoms with Gasteiger partial charge in [-0.15, -0.1) is 11.8 Å². The van der Waals surface area contributed by atoms with Crippen LogP contribution in [0.1, 0.15) is 22.7 Å². The molecule has 0 amide bonds. The van der Waals surface area contributed by atoms with E-state index in [9.17, 15) is 0 Å². The number of rotatable bonds is 2. The Balaban J connectivity index is 1.86. The Morgan fingerprint density at radius 2 is 1.95 bits per heavy atom. The highest BCUT2D eigenvalue weighted by molar-refractivity contribution is 7.99. The highest BCUT2D eigenvalue weighted by Crippen LogP contribution is 2.38. The first-order chi connectivity index (χ1) is 9.66. The van der Waals surface area contributed by atoms with Crippen LogP contribution in [0.4, 0.5) is 0 Å². The summed E-state index contributed by atoms with van der Waals surface area (Å²) in [6.07, 6.45) is 0.0235. The van der Waals surface area contributed by atoms with Crippen LogP contribution in [-0.4, -0.2) is 11.9 Å². The van der Waals surface area contributed by atoms with E-state index in [1.54, 1.807) is 0 Å². The van der Waals surface area contributed by atoms with Gasteiger partial charge in [-0.3, -0.25) is 0 Å². The van der Waals surface area contributed by atoms with E-state index in [1.807, 2.05) is 30.0 Å². The van der Waals surface area contributed by atoms with E-state index < -0.39 is 0 Å². The quantitative estimate of drug-likeness (QED) is 0.910. The second kappa shape index (κ2) is 5.51. The van der Waals surface area contributed by atoms with E-state index in [2.05, 4.69) is 38.1 Å². The lowest BCUT2D eigenvalue weighted by Gasteiger charge is -2.30. The van der Waals surface area contributed by atoms with Gasteiger partial charge < -0.3 is 10.5 Å². The van der Waals surface area contributed by atoms with Gasteiger partial charge in [0, 0.05) is 10.6 Å². The molecule has 1 aliphatic rings. The van der Waals surface area contributed by atoms with Crippen molar-refractivity contribution in [3.63, 3.8) is 0 Å². The summed E-state index contributed by atoms with van der Waals surface area (Å²) in [5, 5.41) is 0. The molecule has 0 aliphatic carbocycles. The van der Waals surface area contributed by atoms with E-state index in [1.165, 1.54) is 21.6 Å². The Morgan fingerprint density at radius 3 is 2.80 bits per heavy atom. The maximum Gasteiger partial charge on any atom is 0.133 e. The molecule has 1 aliphatic heterocycles. The normalized spacial score (nSPS) is 19.1. The zero-order chi connectivity index (χ0) is 14.1. The number of thioether (sulfide) groups is 1. The van der Waals surface area contributed by atoms with Gasteiger partial charge in [0.25, 0.3) is 0 Å². The summed E-state index contributed by atoms with van der Waals surface area (Å²) in [4.78, 5) is 1.21. The molecule has 3 heteroatoms. The molecule has 20 heavy (non-hydrogen) atoms. The lowest BCUT2D eigenvalue weighted by atomic mass is 9.95. The summed E-state index contributed by atoms with van der Waals surface area (Å²) in [6, 6.07) is 14.4. The van der Waals surface area contributed by atoms with E-state index in [0.29, 0.717) is 0 Å². The van der Waals surface area contributed by atoms with Crippen LogP contribution in [0.25, 0.3) is 0 Å². The Kier molecular flexibility index (Phi) is 3.72. The molecule has 0 radical (unpaired) electrons. The average molecular weight is 285 g/mol. The Bertz CT molecular complexity index is 626. The van der Waals surface area contributed by atoms with Crippen molar-refractivity contribution in [2.24, 2.45) is 5.73 Å². The van der Waals surface area contributed by atoms with Crippen LogP contribution in [-0.2, 0) is 0 Å². The molecule has 1 heterocycles. The first-order valence-corrected chi connectivity index (χ1v) is 7.85. The lowest BCUT2D eigenvalue weighted by Crippen LogP contribution is -2.35. The molecule has 0 saturated carbocycles. The lowest BCUT2D eigenvalue weighted by molar-refractivity contribution is 0.185. The van der Waals surface area contributed by atoms with Gasteiger partial charge in [0.05, 0.1) is 6.04 Å². The summed E-state index contributed by atoms with van der Waals surface area (Å²) in [7, 11) is 0. The van der Waals surface area contributed by atoms with Crippen molar-refractivity contribution < 1.29 is 4.74 Å². The predicted octanol–water partition coefficient (Wildman–Crippen LogP) is 3.86. The van der Waals surface area contributed by atoms with Crippen molar-refractivity contribution in [1.82, 2.24) is 0 Å². The van der Waals surface area contributed by atoms with Gasteiger partial charge in [0.1, 0.15) is 11.9 Å². The van der Waals surface area contributed by atoms with Gasteiger partial charge in [-0.25, -0.2) is 0 Å². The number of benzene rings is 2. The second-order valence-electron chi connectivity index (χ2n) is 5.23. The van der Waals surface area contributed by atoms with Gasteiger partial charge in [0.2, 0.25) is 0 Å². The van der Waals surface area contributed by atoms with Crippen molar-refractivity contribution in [3.8, 4) is 5.75 Å². The number of fused-ring (bicyclic) bond motifs is 1. The number of para-hydroxylation sites is 1. The molecule has 2 N–H and O–H groups in total. The minimum atomic E-state index is -0.0873. The molecule has 2 atom stereocenters. The van der Waals surface area contributed by atoms with E-state index in [4.69, 9.17) is 10.5 Å². The summed E-state index contributed by atoms with van der Waals surface area (Å²) in [5.41, 5.74) is 10.2. The van der Waals surface area contributed by atoms with Crippen LogP contribution in [0, 0.1) is 13.8 Å². The average Bonchev–Trinajstić information content (AvgIpc) is 2.49. The van der Waals surface area contributed by atoms with Gasteiger partial charge in [-0.05, 0) is 42.7 Å². The van der Waals surface area contributed by atoms with E-state index in [0.717, 1.165) is 11.5 Å². The number of hydrogen-bond donors (Lipinski definition) is 1. The molecular formula is C17H19NOS. The molecule has 2 aromatic carbocycles. The maximum atomic E-state index is 6.46. The smallest absolute Gasteiger partial charge is 0.133 e. The topological polar surface area (TPSA) is 35.2 Å². The summed E-state index contributed by atoms with van der Waals surface area (Å²) in [6.45, 7) is 4.26. The summed E-state index contributed by atoms with van der Waals surface area (Å²) >= 11 is 1.82. The molecule has 104 valence electrons. The second-order valence-corrected chi connectivity index (χ2v) is 6.29. The largest absolute Gasteiger partial charge is 0.486 e. The molecule has 0 aromatic heterocycles. The van der Waals surface area contributed by atoms with Crippen molar-refractivity contribution in [2.45, 2.75) is 30.9 Å². The number of nitrogens with two attached hydrogens (primary N) is 1. The number of hydrogen-bond acceptors (Lipinski definition) is 3. The first kappa shape index (κ1) is 13.5. The molecule has 2 nitrogen and oxygen atoms in total. The molecule has 3 rings (SSSR count). The van der Waals surface area contributed by atoms with Crippen LogP contribution in [0.15, 0.2) is 47.4 Å². The highest BCUT2D eigenvalue weighted by Gasteiger charge is 2.27. The summed E-state index contributed by atoms with van der Waals surface area (Å²) < 4.78 is 6.10. The molecular weight excluding hydrogens is 266 g/mol. The van der Waals surface area contributed by atoms with Crippen LogP contribution in [0.3, 0.4) is 0 Å². The van der Waals surface area contributed by atoms with Crippen molar-refractivity contribution in [3.05, 3.63) is 59.2 Å². The molecule has 0 bridgehead atoms. The standard InChI is InChI=1S/C17H19NOS/c1-11-6-5-7-13(12(11)2)17(18)15-10-20-16-9-4-3-8-14(16)19-15/h3-9,15,17H,10,18H2,1-2H3. The third-order valence-electron chi connectivity index (χ3n) is 3.94. The fraction of sp³-hybridized carbons (Fsp3) is 0.294. The SMILES string of the molecule is Cc1cccc(C(N)C2CSc3ccccc3O2)c1C. The minimum Gasteiger partial charge on any atom is -0.486 e. The van der Waals surface area contributed by atoms with Crippen molar-refractivity contribution in [1.29, 1.82) is 0 Å². The molecule has 2 aromatic rings. The molecule has 0 saturated heterocycles. The third kappa shape index (κ3) is 2.43. The fourth-order valence-corrected chi connectivity index (χ4v) is 3.60. The van der Waals surface area contributed by atoms with Crippen LogP contribution < -0.4 is 10.5 Å². The third-order valence-corrected chi connectivity index (χ3v) is 5.08. The Labute approximate surface area is 124 Å². The van der Waals surface area contributed by atoms with Crippen LogP contribution in [0.2, 0.25) is 0 Å². The number of aryl methyl sites for hydroxylation is 1. The Hall–Kier alpha value is -1.45. The van der Waals surface area contributed by atoms with E-state index in [-0.39, 0.29) is 12.1 Å². The van der Waals surface area contributed by atoms with E-state index >= 15 is 0 Å². The fourth-order valence-electron chi connectivity index (χ4n) is 2.55. The van der Waals surface area contributed by atoms with Crippen molar-refractivity contribution >= 4 is 11.8 Å². The predicted molar refractivity (Wildman–Crippen MR) is 84.4 cm³/mol. The van der Waals surface area contributed by atoms with Gasteiger partial charge >= 0.3 is 0 Å². The summed E-state index contributed by atoms with van der Waals surface area (Å²) in [5.74, 6) is 1.85. The Morgan fingerprint density at radius 1 is 1.15 bits per heavy atom. The van der Waals surface area contributed by atoms with Gasteiger partial charge in [-0.2, -0.15) is 0 Å². The maximum absolute atomic E-state index is 6.46. The zero-order valence-corrected chi connectivity index (χ0v) is 12.6.